The van der Waals surface area contributed by atoms with Gasteiger partial charge in [-0.05, 0) is 13.8 Å². The van der Waals surface area contributed by atoms with Gasteiger partial charge in [0, 0.05) is 7.05 Å². The van der Waals surface area contributed by atoms with Gasteiger partial charge in [0.1, 0.15) is 5.66 Å². The Labute approximate surface area is 55.1 Å². The van der Waals surface area contributed by atoms with Gasteiger partial charge in [-0.1, -0.05) is 0 Å². The Bertz CT molecular complexity index is 142. The summed E-state index contributed by atoms with van der Waals surface area (Å²) < 4.78 is 0. The van der Waals surface area contributed by atoms with Gasteiger partial charge >= 0.3 is 0 Å². The maximum atomic E-state index is 4.15. The van der Waals surface area contributed by atoms with Gasteiger partial charge in [0.25, 0.3) is 0 Å². The highest BCUT2D eigenvalue weighted by molar-refractivity contribution is 5.77. The van der Waals surface area contributed by atoms with Crippen LogP contribution in [0.2, 0.25) is 0 Å². The molecule has 0 aliphatic carbocycles. The number of aliphatic imine (C=N–C) groups is 2. The first-order valence-electron chi connectivity index (χ1n) is 2.93. The van der Waals surface area contributed by atoms with Crippen molar-refractivity contribution < 1.29 is 0 Å². The molecule has 0 N–H and O–H groups in total. The van der Waals surface area contributed by atoms with Crippen molar-refractivity contribution in [2.75, 3.05) is 7.05 Å². The molecular weight excluding hydrogens is 114 g/mol. The van der Waals surface area contributed by atoms with Crippen LogP contribution in [-0.4, -0.2) is 30.3 Å². The Hall–Kier alpha value is -0.860. The molecule has 0 fully saturated rings. The lowest BCUT2D eigenvalue weighted by atomic mass is 10.3. The summed E-state index contributed by atoms with van der Waals surface area (Å²) in [5.74, 6) is 0. The van der Waals surface area contributed by atoms with Crippen LogP contribution >= 0.6 is 0 Å². The van der Waals surface area contributed by atoms with Crippen molar-refractivity contribution in [3.8, 4) is 0 Å². The summed E-state index contributed by atoms with van der Waals surface area (Å²) in [5.41, 5.74) is -0.244. The molecule has 0 bridgehead atoms. The zero-order valence-corrected chi connectivity index (χ0v) is 6.00. The highest BCUT2D eigenvalue weighted by Gasteiger charge is 2.14. The molecule has 0 aromatic heterocycles. The Morgan fingerprint density at radius 1 is 1.22 bits per heavy atom. The molecule has 0 saturated heterocycles. The van der Waals surface area contributed by atoms with Gasteiger partial charge in [-0.3, -0.25) is 0 Å². The van der Waals surface area contributed by atoms with Crippen LogP contribution in [0.25, 0.3) is 0 Å². The van der Waals surface area contributed by atoms with Crippen molar-refractivity contribution in [1.82, 2.24) is 4.90 Å². The van der Waals surface area contributed by atoms with Crippen LogP contribution in [0.3, 0.4) is 0 Å². The third-order valence-electron chi connectivity index (χ3n) is 1.11. The van der Waals surface area contributed by atoms with Crippen molar-refractivity contribution in [2.45, 2.75) is 19.5 Å². The van der Waals surface area contributed by atoms with Gasteiger partial charge < -0.3 is 4.90 Å². The molecule has 3 nitrogen and oxygen atoms in total. The van der Waals surface area contributed by atoms with E-state index in [1.54, 1.807) is 12.7 Å². The monoisotopic (exact) mass is 125 g/mol. The SMILES string of the molecule is CN1C=NC(C)(C)N=C1. The zero-order valence-electron chi connectivity index (χ0n) is 6.00. The first kappa shape index (κ1) is 6.26. The van der Waals surface area contributed by atoms with Crippen LogP contribution in [-0.2, 0) is 0 Å². The summed E-state index contributed by atoms with van der Waals surface area (Å²) in [5, 5.41) is 0. The van der Waals surface area contributed by atoms with Gasteiger partial charge in [0.15, 0.2) is 0 Å². The number of rotatable bonds is 0. The normalized spacial score (nSPS) is 22.8. The van der Waals surface area contributed by atoms with E-state index in [1.165, 1.54) is 0 Å². The van der Waals surface area contributed by atoms with E-state index in [4.69, 9.17) is 0 Å². The summed E-state index contributed by atoms with van der Waals surface area (Å²) >= 11 is 0. The second-order valence-electron chi connectivity index (χ2n) is 2.65. The Morgan fingerprint density at radius 2 is 1.67 bits per heavy atom. The zero-order chi connectivity index (χ0) is 6.91. The summed E-state index contributed by atoms with van der Waals surface area (Å²) in [4.78, 5) is 10.1. The fourth-order valence-electron chi connectivity index (χ4n) is 0.528. The van der Waals surface area contributed by atoms with E-state index < -0.39 is 0 Å². The maximum absolute atomic E-state index is 4.15. The molecule has 50 valence electrons. The first-order chi connectivity index (χ1) is 4.10. The highest BCUT2D eigenvalue weighted by Crippen LogP contribution is 2.11. The van der Waals surface area contributed by atoms with E-state index in [-0.39, 0.29) is 5.66 Å². The molecular formula is C6H11N3. The van der Waals surface area contributed by atoms with E-state index >= 15 is 0 Å². The van der Waals surface area contributed by atoms with Crippen LogP contribution in [0, 0.1) is 0 Å². The second kappa shape index (κ2) is 1.83. The molecule has 0 saturated carbocycles. The van der Waals surface area contributed by atoms with Crippen LogP contribution in [0.1, 0.15) is 13.8 Å². The predicted molar refractivity (Wildman–Crippen MR) is 38.8 cm³/mol. The summed E-state index contributed by atoms with van der Waals surface area (Å²) in [7, 11) is 1.90. The van der Waals surface area contributed by atoms with E-state index in [0.717, 1.165) is 0 Å². The van der Waals surface area contributed by atoms with Crippen molar-refractivity contribution in [3.05, 3.63) is 0 Å². The molecule has 0 aromatic rings. The predicted octanol–water partition coefficient (Wildman–Crippen LogP) is 0.724. The average Bonchev–Trinajstić information content (AvgIpc) is 1.78. The number of nitrogens with zero attached hydrogens (tertiary/aromatic N) is 3. The molecule has 1 rings (SSSR count). The smallest absolute Gasteiger partial charge is 0.147 e. The van der Waals surface area contributed by atoms with Gasteiger partial charge in [-0.2, -0.15) is 0 Å². The fraction of sp³-hybridized carbons (Fsp3) is 0.667. The Morgan fingerprint density at radius 3 is 2.00 bits per heavy atom. The van der Waals surface area contributed by atoms with E-state index in [0.29, 0.717) is 0 Å². The lowest BCUT2D eigenvalue weighted by molar-refractivity contribution is 0.526. The average molecular weight is 125 g/mol. The number of hydrogen-bond acceptors (Lipinski definition) is 3. The summed E-state index contributed by atoms with van der Waals surface area (Å²) in [6, 6.07) is 0. The minimum atomic E-state index is -0.244. The lowest BCUT2D eigenvalue weighted by Gasteiger charge is -2.20. The van der Waals surface area contributed by atoms with Crippen LogP contribution in [0.15, 0.2) is 9.98 Å². The Kier molecular flexibility index (Phi) is 1.27. The molecule has 9 heavy (non-hydrogen) atoms. The van der Waals surface area contributed by atoms with Gasteiger partial charge in [-0.15, -0.1) is 0 Å². The van der Waals surface area contributed by atoms with E-state index in [2.05, 4.69) is 9.98 Å². The van der Waals surface area contributed by atoms with Crippen LogP contribution in [0.4, 0.5) is 0 Å². The van der Waals surface area contributed by atoms with Gasteiger partial charge in [0.05, 0.1) is 12.7 Å². The Balaban J connectivity index is 2.70. The van der Waals surface area contributed by atoms with Crippen molar-refractivity contribution >= 4 is 12.7 Å². The van der Waals surface area contributed by atoms with Crippen molar-refractivity contribution in [1.29, 1.82) is 0 Å². The van der Waals surface area contributed by atoms with Crippen LogP contribution in [0.5, 0.6) is 0 Å². The van der Waals surface area contributed by atoms with Gasteiger partial charge in [-0.25, -0.2) is 9.98 Å². The minimum absolute atomic E-state index is 0.244. The van der Waals surface area contributed by atoms with Crippen molar-refractivity contribution in [3.63, 3.8) is 0 Å². The molecule has 0 unspecified atom stereocenters. The summed E-state index contributed by atoms with van der Waals surface area (Å²) in [6.45, 7) is 3.93. The van der Waals surface area contributed by atoms with E-state index in [9.17, 15) is 0 Å². The molecule has 1 aliphatic heterocycles. The molecule has 0 amide bonds. The third kappa shape index (κ3) is 1.52. The largest absolute Gasteiger partial charge is 0.327 e. The quantitative estimate of drug-likeness (QED) is 0.469. The lowest BCUT2D eigenvalue weighted by Crippen LogP contribution is -2.26. The van der Waals surface area contributed by atoms with Gasteiger partial charge in [0.2, 0.25) is 0 Å². The molecule has 0 radical (unpaired) electrons. The maximum Gasteiger partial charge on any atom is 0.147 e. The molecule has 1 heterocycles. The van der Waals surface area contributed by atoms with Crippen molar-refractivity contribution in [2.24, 2.45) is 9.98 Å². The highest BCUT2D eigenvalue weighted by atomic mass is 15.2. The minimum Gasteiger partial charge on any atom is -0.327 e. The molecule has 0 aromatic carbocycles. The topological polar surface area (TPSA) is 28.0 Å². The van der Waals surface area contributed by atoms with Crippen LogP contribution < -0.4 is 0 Å². The fourth-order valence-corrected chi connectivity index (χ4v) is 0.528. The summed E-state index contributed by atoms with van der Waals surface area (Å²) in [6.07, 6.45) is 3.54. The second-order valence-corrected chi connectivity index (χ2v) is 2.65. The third-order valence-corrected chi connectivity index (χ3v) is 1.11. The number of hydrogen-bond donors (Lipinski definition) is 0. The molecule has 0 atom stereocenters. The molecule has 1 aliphatic rings. The standard InChI is InChI=1S/C6H11N3/c1-6(2)7-4-9(3)5-8-6/h4-5H,1-3H3. The molecule has 3 heteroatoms. The molecule has 0 spiro atoms. The van der Waals surface area contributed by atoms with E-state index in [1.807, 2.05) is 25.8 Å². The first-order valence-corrected chi connectivity index (χ1v) is 2.93.